The summed E-state index contributed by atoms with van der Waals surface area (Å²) >= 11 is 13.0. The van der Waals surface area contributed by atoms with Gasteiger partial charge in [0.1, 0.15) is 12.6 Å². The third-order valence-electron chi connectivity index (χ3n) is 6.63. The van der Waals surface area contributed by atoms with Crippen LogP contribution < -0.4 is 9.62 Å². The fourth-order valence-corrected chi connectivity index (χ4v) is 5.60. The van der Waals surface area contributed by atoms with Crippen LogP contribution in [0, 0.1) is 6.92 Å². The highest BCUT2D eigenvalue weighted by Gasteiger charge is 2.34. The predicted octanol–water partition coefficient (Wildman–Crippen LogP) is 5.62. The van der Waals surface area contributed by atoms with Crippen LogP contribution in [0.1, 0.15) is 37.0 Å². The normalized spacial score (nSPS) is 12.8. The molecule has 0 aliphatic heterocycles. The van der Waals surface area contributed by atoms with E-state index in [9.17, 15) is 18.0 Å². The lowest BCUT2D eigenvalue weighted by Gasteiger charge is -2.34. The van der Waals surface area contributed by atoms with Crippen molar-refractivity contribution >= 4 is 50.7 Å². The molecule has 0 saturated heterocycles. The molecule has 3 aromatic carbocycles. The number of carbonyl (C=O) groups is 2. The van der Waals surface area contributed by atoms with E-state index in [0.29, 0.717) is 27.7 Å². The molecule has 0 spiro atoms. The highest BCUT2D eigenvalue weighted by Crippen LogP contribution is 2.28. The van der Waals surface area contributed by atoms with Crippen molar-refractivity contribution in [3.8, 4) is 0 Å². The van der Waals surface area contributed by atoms with Gasteiger partial charge in [-0.05, 0) is 55.7 Å². The first-order chi connectivity index (χ1) is 18.9. The van der Waals surface area contributed by atoms with Crippen LogP contribution in [0.4, 0.5) is 5.69 Å². The van der Waals surface area contributed by atoms with E-state index in [1.165, 1.54) is 4.90 Å². The summed E-state index contributed by atoms with van der Waals surface area (Å²) in [5.41, 5.74) is 2.51. The summed E-state index contributed by atoms with van der Waals surface area (Å²) in [4.78, 5) is 29.2. The number of hydrogen-bond acceptors (Lipinski definition) is 4. The molecular formula is C30H35Cl2N3O4S. The van der Waals surface area contributed by atoms with E-state index >= 15 is 0 Å². The summed E-state index contributed by atoms with van der Waals surface area (Å²) < 4.78 is 26.8. The number of sulfonamides is 1. The zero-order valence-corrected chi connectivity index (χ0v) is 25.4. The Hall–Kier alpha value is -3.07. The molecule has 0 aliphatic carbocycles. The molecule has 2 amide bonds. The second-order valence-electron chi connectivity index (χ2n) is 9.85. The van der Waals surface area contributed by atoms with Crippen LogP contribution in [-0.2, 0) is 32.6 Å². The van der Waals surface area contributed by atoms with Crippen molar-refractivity contribution in [3.63, 3.8) is 0 Å². The Morgan fingerprint density at radius 3 is 2.15 bits per heavy atom. The standard InChI is InChI=1S/C30H35Cl2N3O4S/c1-5-22(3)33-30(37)28(18-23-12-7-6-8-13-23)34(19-25-26(31)15-10-16-27(25)32)29(36)20-35(40(4,38)39)24-14-9-11-21(2)17-24/h6-17,22,28H,5,18-20H2,1-4H3,(H,33,37)/t22-,28+/m1/s1. The van der Waals surface area contributed by atoms with Gasteiger partial charge >= 0.3 is 0 Å². The summed E-state index contributed by atoms with van der Waals surface area (Å²) in [6.45, 7) is 5.08. The average Bonchev–Trinajstić information content (AvgIpc) is 2.90. The molecule has 3 aromatic rings. The third-order valence-corrected chi connectivity index (χ3v) is 8.48. The van der Waals surface area contributed by atoms with Crippen LogP contribution in [-0.4, -0.2) is 50.0 Å². The molecule has 1 N–H and O–H groups in total. The Morgan fingerprint density at radius 2 is 1.57 bits per heavy atom. The number of benzene rings is 3. The molecular weight excluding hydrogens is 569 g/mol. The maximum Gasteiger partial charge on any atom is 0.244 e. The van der Waals surface area contributed by atoms with E-state index < -0.39 is 28.5 Å². The first-order valence-electron chi connectivity index (χ1n) is 13.0. The van der Waals surface area contributed by atoms with Gasteiger partial charge in [0.2, 0.25) is 21.8 Å². The smallest absolute Gasteiger partial charge is 0.244 e. The van der Waals surface area contributed by atoms with E-state index in [1.54, 1.807) is 36.4 Å². The monoisotopic (exact) mass is 603 g/mol. The van der Waals surface area contributed by atoms with Gasteiger partial charge in [-0.15, -0.1) is 0 Å². The van der Waals surface area contributed by atoms with Gasteiger partial charge in [-0.3, -0.25) is 13.9 Å². The van der Waals surface area contributed by atoms with Crippen LogP contribution in [0.3, 0.4) is 0 Å². The summed E-state index contributed by atoms with van der Waals surface area (Å²) in [5.74, 6) is -0.917. The molecule has 2 atom stereocenters. The summed E-state index contributed by atoms with van der Waals surface area (Å²) in [5, 5.41) is 3.67. The van der Waals surface area contributed by atoms with Crippen molar-refractivity contribution in [2.24, 2.45) is 0 Å². The van der Waals surface area contributed by atoms with E-state index in [2.05, 4.69) is 5.32 Å². The SMILES string of the molecule is CC[C@@H](C)NC(=O)[C@H](Cc1ccccc1)N(Cc1c(Cl)cccc1Cl)C(=O)CN(c1cccc(C)c1)S(C)(=O)=O. The summed E-state index contributed by atoms with van der Waals surface area (Å²) in [7, 11) is -3.85. The molecule has 0 heterocycles. The fourth-order valence-electron chi connectivity index (χ4n) is 4.25. The maximum absolute atomic E-state index is 14.1. The summed E-state index contributed by atoms with van der Waals surface area (Å²) in [6.07, 6.45) is 1.96. The van der Waals surface area contributed by atoms with Gasteiger partial charge < -0.3 is 10.2 Å². The van der Waals surface area contributed by atoms with Crippen LogP contribution in [0.15, 0.2) is 72.8 Å². The zero-order valence-electron chi connectivity index (χ0n) is 23.1. The van der Waals surface area contributed by atoms with Crippen molar-refractivity contribution in [2.45, 2.75) is 52.2 Å². The molecule has 214 valence electrons. The minimum absolute atomic E-state index is 0.0891. The Morgan fingerprint density at radius 1 is 0.950 bits per heavy atom. The second kappa shape index (κ2) is 14.0. The van der Waals surface area contributed by atoms with Gasteiger partial charge in [0.25, 0.3) is 0 Å². The molecule has 0 aliphatic rings. The van der Waals surface area contributed by atoms with Gasteiger partial charge in [0, 0.05) is 34.6 Å². The molecule has 0 fully saturated rings. The number of anilines is 1. The summed E-state index contributed by atoms with van der Waals surface area (Å²) in [6, 6.07) is 20.2. The lowest BCUT2D eigenvalue weighted by atomic mass is 10.0. The fraction of sp³-hybridized carbons (Fsp3) is 0.333. The number of aryl methyl sites for hydroxylation is 1. The topological polar surface area (TPSA) is 86.8 Å². The number of hydrogen-bond donors (Lipinski definition) is 1. The van der Waals surface area contributed by atoms with Gasteiger partial charge in [0.15, 0.2) is 0 Å². The highest BCUT2D eigenvalue weighted by atomic mass is 35.5. The van der Waals surface area contributed by atoms with E-state index in [-0.39, 0.29) is 24.9 Å². The Labute approximate surface area is 247 Å². The minimum Gasteiger partial charge on any atom is -0.352 e. The molecule has 0 radical (unpaired) electrons. The van der Waals surface area contributed by atoms with Crippen molar-refractivity contribution in [1.29, 1.82) is 0 Å². The van der Waals surface area contributed by atoms with Crippen molar-refractivity contribution in [1.82, 2.24) is 10.2 Å². The number of nitrogens with one attached hydrogen (secondary N) is 1. The molecule has 10 heteroatoms. The molecule has 3 rings (SSSR count). The molecule has 0 aromatic heterocycles. The third kappa shape index (κ3) is 8.46. The van der Waals surface area contributed by atoms with E-state index in [1.807, 2.05) is 57.2 Å². The van der Waals surface area contributed by atoms with Gasteiger partial charge in [-0.2, -0.15) is 0 Å². The first-order valence-corrected chi connectivity index (χ1v) is 15.6. The second-order valence-corrected chi connectivity index (χ2v) is 12.6. The lowest BCUT2D eigenvalue weighted by Crippen LogP contribution is -2.54. The van der Waals surface area contributed by atoms with E-state index in [0.717, 1.165) is 21.7 Å². The number of amides is 2. The quantitative estimate of drug-likeness (QED) is 0.291. The molecule has 0 saturated carbocycles. The molecule has 0 bridgehead atoms. The molecule has 40 heavy (non-hydrogen) atoms. The average molecular weight is 605 g/mol. The number of carbonyl (C=O) groups excluding carboxylic acids is 2. The molecule has 0 unspecified atom stereocenters. The maximum atomic E-state index is 14.1. The van der Waals surface area contributed by atoms with Crippen molar-refractivity contribution in [2.75, 3.05) is 17.1 Å². The van der Waals surface area contributed by atoms with Crippen LogP contribution >= 0.6 is 23.2 Å². The van der Waals surface area contributed by atoms with Crippen molar-refractivity contribution in [3.05, 3.63) is 99.5 Å². The molecule has 7 nitrogen and oxygen atoms in total. The highest BCUT2D eigenvalue weighted by molar-refractivity contribution is 7.92. The largest absolute Gasteiger partial charge is 0.352 e. The number of rotatable bonds is 12. The van der Waals surface area contributed by atoms with Gasteiger partial charge in [-0.25, -0.2) is 8.42 Å². The van der Waals surface area contributed by atoms with Crippen molar-refractivity contribution < 1.29 is 18.0 Å². The van der Waals surface area contributed by atoms with Crippen LogP contribution in [0.25, 0.3) is 0 Å². The first kappa shape index (κ1) is 31.5. The Balaban J connectivity index is 2.11. The Kier molecular flexibility index (Phi) is 11.0. The zero-order chi connectivity index (χ0) is 29.4. The predicted molar refractivity (Wildman–Crippen MR) is 162 cm³/mol. The van der Waals surface area contributed by atoms with Crippen LogP contribution in [0.5, 0.6) is 0 Å². The number of halogens is 2. The van der Waals surface area contributed by atoms with E-state index in [4.69, 9.17) is 23.2 Å². The minimum atomic E-state index is -3.85. The van der Waals surface area contributed by atoms with Gasteiger partial charge in [0.05, 0.1) is 11.9 Å². The number of nitrogens with zero attached hydrogens (tertiary/aromatic N) is 2. The van der Waals surface area contributed by atoms with Crippen LogP contribution in [0.2, 0.25) is 10.0 Å². The lowest BCUT2D eigenvalue weighted by molar-refractivity contribution is -0.140. The van der Waals surface area contributed by atoms with Gasteiger partial charge in [-0.1, -0.05) is 78.7 Å². The Bertz CT molecular complexity index is 1410.